The maximum absolute atomic E-state index is 13.8. The fourth-order valence-corrected chi connectivity index (χ4v) is 6.18. The molecule has 0 bridgehead atoms. The van der Waals surface area contributed by atoms with Crippen molar-refractivity contribution >= 4 is 27.8 Å². The fraction of sp³-hybridized carbons (Fsp3) is 0.276. The number of hydrogen-bond acceptors (Lipinski definition) is 7. The summed E-state index contributed by atoms with van der Waals surface area (Å²) in [5.74, 6) is -2.06. The molecule has 0 radical (unpaired) electrons. The minimum atomic E-state index is -4.16. The van der Waals surface area contributed by atoms with Gasteiger partial charge in [-0.2, -0.15) is 4.31 Å². The Hall–Kier alpha value is -4.29. The van der Waals surface area contributed by atoms with Crippen LogP contribution in [0.5, 0.6) is 5.75 Å². The molecular weight excluding hydrogens is 553 g/mol. The summed E-state index contributed by atoms with van der Waals surface area (Å²) in [4.78, 5) is 40.8. The van der Waals surface area contributed by atoms with Crippen molar-refractivity contribution in [3.05, 3.63) is 95.8 Å². The number of piperazine rings is 1. The molecule has 2 amide bonds. The van der Waals surface area contributed by atoms with Crippen molar-refractivity contribution in [1.82, 2.24) is 14.5 Å². The number of halogens is 1. The second-order valence-electron chi connectivity index (χ2n) is 9.34. The molecule has 3 aromatic rings. The molecule has 2 atom stereocenters. The van der Waals surface area contributed by atoms with Gasteiger partial charge in [-0.05, 0) is 48.0 Å². The van der Waals surface area contributed by atoms with E-state index in [1.54, 1.807) is 42.5 Å². The molecule has 0 spiro atoms. The van der Waals surface area contributed by atoms with Gasteiger partial charge in [0.05, 0.1) is 19.1 Å². The molecule has 2 unspecified atom stereocenters. The molecule has 1 aliphatic heterocycles. The van der Waals surface area contributed by atoms with Crippen LogP contribution in [-0.4, -0.2) is 81.3 Å². The Labute approximate surface area is 237 Å². The summed E-state index contributed by atoms with van der Waals surface area (Å²) in [5.41, 5.74) is 0.761. The van der Waals surface area contributed by atoms with Crippen LogP contribution < -0.4 is 10.1 Å². The topological polar surface area (TPSA) is 122 Å². The Morgan fingerprint density at radius 2 is 1.68 bits per heavy atom. The number of hydrogen-bond donors (Lipinski definition) is 1. The first-order valence-corrected chi connectivity index (χ1v) is 14.2. The van der Waals surface area contributed by atoms with Gasteiger partial charge in [0.25, 0.3) is 5.91 Å². The molecule has 4 rings (SSSR count). The van der Waals surface area contributed by atoms with Crippen LogP contribution in [0.3, 0.4) is 0 Å². The number of amides is 2. The van der Waals surface area contributed by atoms with Gasteiger partial charge in [0, 0.05) is 31.6 Å². The highest BCUT2D eigenvalue weighted by molar-refractivity contribution is 7.89. The second-order valence-corrected chi connectivity index (χ2v) is 11.2. The van der Waals surface area contributed by atoms with E-state index in [0.29, 0.717) is 11.3 Å². The first-order chi connectivity index (χ1) is 19.6. The molecule has 216 valence electrons. The summed E-state index contributed by atoms with van der Waals surface area (Å²) in [7, 11) is -1.46. The number of esters is 1. The number of carbonyl (C=O) groups excluding carboxylic acids is 3. The Balaban J connectivity index is 1.63. The highest BCUT2D eigenvalue weighted by Crippen LogP contribution is 2.23. The van der Waals surface area contributed by atoms with Gasteiger partial charge in [-0.25, -0.2) is 17.6 Å². The van der Waals surface area contributed by atoms with Gasteiger partial charge in [-0.15, -0.1) is 0 Å². The molecule has 1 saturated heterocycles. The van der Waals surface area contributed by atoms with E-state index in [9.17, 15) is 27.2 Å². The standard InChI is InChI=1S/C29H30FN3O7S/c1-39-23-13-11-20(12-14-23)17-25(29(36)40-2)31-27(34)26-19-32(28(35)21-7-6-8-22(30)18-21)15-16-33(26)41(37,38)24-9-4-3-5-10-24/h3-14,18,25-26H,15-17,19H2,1-2H3,(H,31,34). The van der Waals surface area contributed by atoms with Crippen LogP contribution >= 0.6 is 0 Å². The number of rotatable bonds is 9. The molecule has 10 nitrogen and oxygen atoms in total. The normalized spacial score (nSPS) is 16.5. The zero-order valence-corrected chi connectivity index (χ0v) is 23.3. The van der Waals surface area contributed by atoms with Crippen molar-refractivity contribution < 1.29 is 36.7 Å². The first-order valence-electron chi connectivity index (χ1n) is 12.8. The number of ether oxygens (including phenoxy) is 2. The van der Waals surface area contributed by atoms with Crippen molar-refractivity contribution in [1.29, 1.82) is 0 Å². The largest absolute Gasteiger partial charge is 0.497 e. The molecule has 1 fully saturated rings. The second kappa shape index (κ2) is 12.9. The number of sulfonamides is 1. The van der Waals surface area contributed by atoms with Gasteiger partial charge in [0.1, 0.15) is 23.7 Å². The Kier molecular flexibility index (Phi) is 9.35. The van der Waals surface area contributed by atoms with Gasteiger partial charge < -0.3 is 19.7 Å². The number of methoxy groups -OCH3 is 2. The third-order valence-electron chi connectivity index (χ3n) is 6.74. The van der Waals surface area contributed by atoms with Crippen molar-refractivity contribution in [2.24, 2.45) is 0 Å². The lowest BCUT2D eigenvalue weighted by Crippen LogP contribution is -2.62. The summed E-state index contributed by atoms with van der Waals surface area (Å²) in [5, 5.41) is 2.63. The summed E-state index contributed by atoms with van der Waals surface area (Å²) in [6, 6.07) is 17.1. The minimum Gasteiger partial charge on any atom is -0.497 e. The summed E-state index contributed by atoms with van der Waals surface area (Å²) in [6.45, 7) is -0.543. The van der Waals surface area contributed by atoms with E-state index in [1.165, 1.54) is 49.5 Å². The highest BCUT2D eigenvalue weighted by Gasteiger charge is 2.42. The Morgan fingerprint density at radius 1 is 0.976 bits per heavy atom. The van der Waals surface area contributed by atoms with Crippen LogP contribution in [0.2, 0.25) is 0 Å². The molecule has 12 heteroatoms. The smallest absolute Gasteiger partial charge is 0.328 e. The average molecular weight is 584 g/mol. The molecule has 0 saturated carbocycles. The van der Waals surface area contributed by atoms with E-state index in [-0.39, 0.29) is 36.5 Å². The van der Waals surface area contributed by atoms with Crippen LogP contribution in [0.15, 0.2) is 83.8 Å². The Morgan fingerprint density at radius 3 is 2.32 bits per heavy atom. The van der Waals surface area contributed by atoms with Gasteiger partial charge in [0.2, 0.25) is 15.9 Å². The average Bonchev–Trinajstić information content (AvgIpc) is 3.00. The lowest BCUT2D eigenvalue weighted by atomic mass is 10.0. The van der Waals surface area contributed by atoms with Crippen LogP contribution in [0.1, 0.15) is 15.9 Å². The van der Waals surface area contributed by atoms with Crippen molar-refractivity contribution in [2.45, 2.75) is 23.4 Å². The summed E-state index contributed by atoms with van der Waals surface area (Å²) in [6.07, 6.45) is 0.0620. The maximum Gasteiger partial charge on any atom is 0.328 e. The molecule has 0 aromatic heterocycles. The molecule has 1 heterocycles. The quantitative estimate of drug-likeness (QED) is 0.384. The zero-order chi connectivity index (χ0) is 29.6. The van der Waals surface area contributed by atoms with E-state index < -0.39 is 45.7 Å². The number of nitrogens with zero attached hydrogens (tertiary/aromatic N) is 2. The van der Waals surface area contributed by atoms with Crippen LogP contribution in [0.4, 0.5) is 4.39 Å². The monoisotopic (exact) mass is 583 g/mol. The molecule has 1 aliphatic rings. The molecule has 0 aliphatic carbocycles. The van der Waals surface area contributed by atoms with E-state index in [1.807, 2.05) is 0 Å². The highest BCUT2D eigenvalue weighted by atomic mass is 32.2. The van der Waals surface area contributed by atoms with Crippen LogP contribution in [0.25, 0.3) is 0 Å². The minimum absolute atomic E-state index is 0.0227. The van der Waals surface area contributed by atoms with Crippen molar-refractivity contribution in [3.8, 4) is 5.75 Å². The lowest BCUT2D eigenvalue weighted by Gasteiger charge is -2.40. The number of carbonyl (C=O) groups is 3. The van der Waals surface area contributed by atoms with Gasteiger partial charge in [-0.1, -0.05) is 36.4 Å². The van der Waals surface area contributed by atoms with Gasteiger partial charge in [0.15, 0.2) is 0 Å². The molecular formula is C29H30FN3O7S. The molecule has 3 aromatic carbocycles. The van der Waals surface area contributed by atoms with E-state index >= 15 is 0 Å². The number of benzene rings is 3. The van der Waals surface area contributed by atoms with E-state index in [0.717, 1.165) is 10.4 Å². The first kappa shape index (κ1) is 29.7. The third kappa shape index (κ3) is 6.90. The zero-order valence-electron chi connectivity index (χ0n) is 22.5. The third-order valence-corrected chi connectivity index (χ3v) is 8.67. The lowest BCUT2D eigenvalue weighted by molar-refractivity contribution is -0.145. The van der Waals surface area contributed by atoms with Gasteiger partial charge >= 0.3 is 5.97 Å². The van der Waals surface area contributed by atoms with Crippen molar-refractivity contribution in [2.75, 3.05) is 33.9 Å². The number of nitrogens with one attached hydrogen (secondary N) is 1. The summed E-state index contributed by atoms with van der Waals surface area (Å²) >= 11 is 0. The predicted molar refractivity (Wildman–Crippen MR) is 147 cm³/mol. The maximum atomic E-state index is 13.8. The van der Waals surface area contributed by atoms with E-state index in [4.69, 9.17) is 9.47 Å². The molecule has 1 N–H and O–H groups in total. The van der Waals surface area contributed by atoms with Crippen LogP contribution in [0, 0.1) is 5.82 Å². The predicted octanol–water partition coefficient (Wildman–Crippen LogP) is 2.25. The van der Waals surface area contributed by atoms with Gasteiger partial charge in [-0.3, -0.25) is 9.59 Å². The van der Waals surface area contributed by atoms with E-state index in [2.05, 4.69) is 5.32 Å². The Bertz CT molecular complexity index is 1500. The fourth-order valence-electron chi connectivity index (χ4n) is 4.58. The SMILES string of the molecule is COC(=O)C(Cc1ccc(OC)cc1)NC(=O)C1CN(C(=O)c2cccc(F)c2)CCN1S(=O)(=O)c1ccccc1. The van der Waals surface area contributed by atoms with Crippen molar-refractivity contribution in [3.63, 3.8) is 0 Å². The molecule has 41 heavy (non-hydrogen) atoms. The van der Waals surface area contributed by atoms with Crippen LogP contribution in [-0.2, 0) is 30.8 Å². The summed E-state index contributed by atoms with van der Waals surface area (Å²) < 4.78 is 52.1.